The Morgan fingerprint density at radius 3 is 0.730 bits per heavy atom. The summed E-state index contributed by atoms with van der Waals surface area (Å²) in [6, 6.07) is 26.3. The molecule has 0 heterocycles. The fourth-order valence-corrected chi connectivity index (χ4v) is 3.61. The molecule has 0 fully saturated rings. The highest BCUT2D eigenvalue weighted by Crippen LogP contribution is 2.35. The summed E-state index contributed by atoms with van der Waals surface area (Å²) in [6.07, 6.45) is 6.61. The molecular weight excluding hydrogens is 446 g/mol. The lowest BCUT2D eigenvalue weighted by Crippen LogP contribution is -2.09. The lowest BCUT2D eigenvalue weighted by molar-refractivity contribution is 1.28. The number of hydrogen-bond acceptors (Lipinski definition) is 1. The van der Waals surface area contributed by atoms with Crippen molar-refractivity contribution in [2.45, 2.75) is 83.1 Å². The van der Waals surface area contributed by atoms with Gasteiger partial charge in [0.25, 0.3) is 0 Å². The van der Waals surface area contributed by atoms with Crippen molar-refractivity contribution in [3.63, 3.8) is 0 Å². The second kappa shape index (κ2) is 18.9. The lowest BCUT2D eigenvalue weighted by atomic mass is 10.1. The molecule has 0 aliphatic rings. The Morgan fingerprint density at radius 2 is 0.568 bits per heavy atom. The van der Waals surface area contributed by atoms with Gasteiger partial charge in [-0.25, -0.2) is 0 Å². The highest BCUT2D eigenvalue weighted by atomic mass is 15.1. The van der Waals surface area contributed by atoms with Crippen LogP contribution >= 0.6 is 0 Å². The first-order valence-electron chi connectivity index (χ1n) is 13.9. The van der Waals surface area contributed by atoms with E-state index >= 15 is 0 Å². The van der Waals surface area contributed by atoms with Gasteiger partial charge in [-0.1, -0.05) is 113 Å². The zero-order valence-electron chi connectivity index (χ0n) is 25.6. The van der Waals surface area contributed by atoms with Gasteiger partial charge < -0.3 is 4.90 Å². The molecule has 0 atom stereocenters. The summed E-state index contributed by atoms with van der Waals surface area (Å²) in [4.78, 5) is 2.31. The Morgan fingerprint density at radius 1 is 0.378 bits per heavy atom. The van der Waals surface area contributed by atoms with Gasteiger partial charge in [0.1, 0.15) is 0 Å². The Kier molecular flexibility index (Phi) is 17.2. The highest BCUT2D eigenvalue weighted by molar-refractivity contribution is 5.78. The van der Waals surface area contributed by atoms with Gasteiger partial charge in [0, 0.05) is 17.1 Å². The van der Waals surface area contributed by atoms with E-state index in [2.05, 4.69) is 137 Å². The van der Waals surface area contributed by atoms with E-state index in [1.54, 1.807) is 0 Å². The van der Waals surface area contributed by atoms with Crippen molar-refractivity contribution in [1.82, 2.24) is 0 Å². The molecule has 0 aliphatic carbocycles. The van der Waals surface area contributed by atoms with Gasteiger partial charge in [0.15, 0.2) is 0 Å². The molecule has 0 N–H and O–H groups in total. The van der Waals surface area contributed by atoms with E-state index in [9.17, 15) is 0 Å². The maximum atomic E-state index is 2.31. The highest BCUT2D eigenvalue weighted by Gasteiger charge is 2.12. The van der Waals surface area contributed by atoms with Crippen molar-refractivity contribution in [2.24, 2.45) is 0 Å². The molecule has 200 valence electrons. The molecule has 0 amide bonds. The molecule has 3 aromatic rings. The number of allylic oxidation sites excluding steroid dienone is 3. The zero-order valence-corrected chi connectivity index (χ0v) is 25.6. The van der Waals surface area contributed by atoms with E-state index in [-0.39, 0.29) is 0 Å². The minimum Gasteiger partial charge on any atom is -0.311 e. The Labute approximate surface area is 229 Å². The van der Waals surface area contributed by atoms with Gasteiger partial charge in [-0.3, -0.25) is 0 Å². The predicted octanol–water partition coefficient (Wildman–Crippen LogP) is 12.5. The summed E-state index contributed by atoms with van der Waals surface area (Å²) in [5.41, 5.74) is 11.0. The van der Waals surface area contributed by atoms with E-state index in [0.717, 1.165) is 17.1 Å². The van der Waals surface area contributed by atoms with Crippen LogP contribution in [0.4, 0.5) is 17.1 Å². The molecule has 3 aromatic carbocycles. The number of anilines is 3. The van der Waals surface area contributed by atoms with Crippen molar-refractivity contribution in [1.29, 1.82) is 0 Å². The summed E-state index contributed by atoms with van der Waals surface area (Å²) >= 11 is 0. The quantitative estimate of drug-likeness (QED) is 0.327. The third-order valence-electron chi connectivity index (χ3n) is 4.82. The predicted molar refractivity (Wildman–Crippen MR) is 173 cm³/mol. The normalized spacial score (nSPS) is 9.08. The number of rotatable bonds is 6. The Balaban J connectivity index is 0.00000201. The van der Waals surface area contributed by atoms with Crippen molar-refractivity contribution >= 4 is 35.3 Å². The minimum absolute atomic E-state index is 1.15. The van der Waals surface area contributed by atoms with Crippen molar-refractivity contribution in [3.8, 4) is 0 Å². The second-order valence-electron chi connectivity index (χ2n) is 8.78. The van der Waals surface area contributed by atoms with E-state index in [1.165, 1.54) is 33.4 Å². The zero-order chi connectivity index (χ0) is 28.4. The molecule has 0 bridgehead atoms. The van der Waals surface area contributed by atoms with Gasteiger partial charge in [-0.2, -0.15) is 0 Å². The molecule has 0 aromatic heterocycles. The SMILES string of the molecule is CC.CC.CC.CC(C)=Cc1ccc(N(c2ccc(C=C(C)C)cc2)c2ccc(C=C(C)C)cc2)cc1. The molecule has 0 aliphatic heterocycles. The van der Waals surface area contributed by atoms with E-state index in [4.69, 9.17) is 0 Å². The largest absolute Gasteiger partial charge is 0.311 e. The average Bonchev–Trinajstić information content (AvgIpc) is 2.90. The molecule has 0 radical (unpaired) electrons. The minimum atomic E-state index is 1.15. The van der Waals surface area contributed by atoms with Crippen LogP contribution in [0.2, 0.25) is 0 Å². The standard InChI is InChI=1S/C30H33N.3C2H6/c1-22(2)19-25-7-13-28(14-8-25)31(29-15-9-26(10-16-29)20-23(3)4)30-17-11-27(12-18-30)21-24(5)6;3*1-2/h7-21H,1-6H3;3*1-2H3. The van der Waals surface area contributed by atoms with Crippen molar-refractivity contribution in [2.75, 3.05) is 4.90 Å². The molecular formula is C36H51N. The maximum absolute atomic E-state index is 2.31. The molecule has 0 spiro atoms. The van der Waals surface area contributed by atoms with Crippen LogP contribution in [-0.2, 0) is 0 Å². The van der Waals surface area contributed by atoms with E-state index in [1.807, 2.05) is 41.5 Å². The first-order valence-corrected chi connectivity index (χ1v) is 13.9. The average molecular weight is 498 g/mol. The summed E-state index contributed by atoms with van der Waals surface area (Å²) in [5.74, 6) is 0. The lowest BCUT2D eigenvalue weighted by Gasteiger charge is -2.26. The molecule has 1 nitrogen and oxygen atoms in total. The Bertz CT molecular complexity index is 935. The van der Waals surface area contributed by atoms with Crippen LogP contribution in [-0.4, -0.2) is 0 Å². The number of benzene rings is 3. The van der Waals surface area contributed by atoms with Crippen LogP contribution in [0.1, 0.15) is 99.8 Å². The summed E-state index contributed by atoms with van der Waals surface area (Å²) < 4.78 is 0. The van der Waals surface area contributed by atoms with Gasteiger partial charge >= 0.3 is 0 Å². The third kappa shape index (κ3) is 12.0. The van der Waals surface area contributed by atoms with Gasteiger partial charge in [-0.15, -0.1) is 0 Å². The van der Waals surface area contributed by atoms with Crippen molar-refractivity contribution < 1.29 is 0 Å². The molecule has 0 saturated heterocycles. The van der Waals surface area contributed by atoms with Crippen LogP contribution < -0.4 is 4.90 Å². The summed E-state index contributed by atoms with van der Waals surface area (Å²) in [5, 5.41) is 0. The first-order chi connectivity index (χ1) is 17.8. The van der Waals surface area contributed by atoms with E-state index in [0.29, 0.717) is 0 Å². The number of hydrogen-bond donors (Lipinski definition) is 0. The van der Waals surface area contributed by atoms with Crippen LogP contribution in [0.25, 0.3) is 18.2 Å². The van der Waals surface area contributed by atoms with Gasteiger partial charge in [-0.05, 0) is 94.6 Å². The molecule has 37 heavy (non-hydrogen) atoms. The fraction of sp³-hybridized carbons (Fsp3) is 0.333. The summed E-state index contributed by atoms with van der Waals surface area (Å²) in [6.45, 7) is 24.8. The molecule has 3 rings (SSSR count). The maximum Gasteiger partial charge on any atom is 0.0462 e. The van der Waals surface area contributed by atoms with Crippen LogP contribution in [0.3, 0.4) is 0 Å². The second-order valence-corrected chi connectivity index (χ2v) is 8.78. The van der Waals surface area contributed by atoms with Crippen LogP contribution in [0.5, 0.6) is 0 Å². The monoisotopic (exact) mass is 497 g/mol. The smallest absolute Gasteiger partial charge is 0.0462 e. The van der Waals surface area contributed by atoms with Gasteiger partial charge in [0.2, 0.25) is 0 Å². The van der Waals surface area contributed by atoms with Crippen molar-refractivity contribution in [3.05, 3.63) is 106 Å². The van der Waals surface area contributed by atoms with Crippen LogP contribution in [0.15, 0.2) is 89.5 Å². The van der Waals surface area contributed by atoms with Gasteiger partial charge in [0.05, 0.1) is 0 Å². The number of nitrogens with zero attached hydrogens (tertiary/aromatic N) is 1. The van der Waals surface area contributed by atoms with E-state index < -0.39 is 0 Å². The topological polar surface area (TPSA) is 3.24 Å². The first kappa shape index (κ1) is 33.7. The third-order valence-corrected chi connectivity index (χ3v) is 4.82. The van der Waals surface area contributed by atoms with Crippen LogP contribution in [0, 0.1) is 0 Å². The fourth-order valence-electron chi connectivity index (χ4n) is 3.61. The summed E-state index contributed by atoms with van der Waals surface area (Å²) in [7, 11) is 0. The molecule has 1 heteroatoms. The Hall–Kier alpha value is -3.32. The molecule has 0 unspecified atom stereocenters. The molecule has 0 saturated carbocycles.